The van der Waals surface area contributed by atoms with Crippen molar-refractivity contribution in [1.82, 2.24) is 0 Å². The third-order valence-electron chi connectivity index (χ3n) is 2.56. The van der Waals surface area contributed by atoms with E-state index in [4.69, 9.17) is 9.47 Å². The molecule has 21 heavy (non-hydrogen) atoms. The number of nitro benzene ring substituents is 1. The summed E-state index contributed by atoms with van der Waals surface area (Å²) in [7, 11) is 0. The van der Waals surface area contributed by atoms with Crippen molar-refractivity contribution in [3.63, 3.8) is 0 Å². The molecule has 110 valence electrons. The first-order chi connectivity index (χ1) is 10.0. The molecule has 0 heterocycles. The van der Waals surface area contributed by atoms with Crippen LogP contribution in [0.2, 0.25) is 0 Å². The van der Waals surface area contributed by atoms with Crippen molar-refractivity contribution >= 4 is 21.6 Å². The summed E-state index contributed by atoms with van der Waals surface area (Å²) >= 11 is 3.21. The van der Waals surface area contributed by atoms with E-state index in [2.05, 4.69) is 15.9 Å². The van der Waals surface area contributed by atoms with Crippen molar-refractivity contribution in [2.24, 2.45) is 0 Å². The second-order valence-electron chi connectivity index (χ2n) is 3.97. The summed E-state index contributed by atoms with van der Waals surface area (Å²) in [5, 5.41) is 11.2. The number of hydrogen-bond acceptors (Lipinski definition) is 4. The smallest absolute Gasteiger partial charge is 0.352 e. The minimum atomic E-state index is -0.590. The topological polar surface area (TPSA) is 61.6 Å². The van der Waals surface area contributed by atoms with Crippen molar-refractivity contribution in [2.45, 2.75) is 6.92 Å². The van der Waals surface area contributed by atoms with Crippen LogP contribution in [0.15, 0.2) is 40.9 Å². The van der Waals surface area contributed by atoms with Gasteiger partial charge in [-0.2, -0.15) is 0 Å². The van der Waals surface area contributed by atoms with Crippen molar-refractivity contribution < 1.29 is 18.8 Å². The van der Waals surface area contributed by atoms with Crippen LogP contribution in [-0.2, 0) is 0 Å². The Labute approximate surface area is 128 Å². The predicted octanol–water partition coefficient (Wildman–Crippen LogP) is 4.69. The Kier molecular flexibility index (Phi) is 4.74. The second kappa shape index (κ2) is 6.53. The third-order valence-corrected chi connectivity index (χ3v) is 3.21. The Bertz CT molecular complexity index is 678. The minimum Gasteiger partial charge on any atom is -0.487 e. The Balaban J connectivity index is 2.46. The first-order valence-electron chi connectivity index (χ1n) is 6.06. The summed E-state index contributed by atoms with van der Waals surface area (Å²) in [6, 6.07) is 8.33. The predicted molar refractivity (Wildman–Crippen MR) is 78.4 cm³/mol. The summed E-state index contributed by atoms with van der Waals surface area (Å²) in [5.41, 5.74) is -0.296. The fourth-order valence-electron chi connectivity index (χ4n) is 1.71. The van der Waals surface area contributed by atoms with Gasteiger partial charge in [0.05, 0.1) is 16.0 Å². The highest BCUT2D eigenvalue weighted by atomic mass is 79.9. The van der Waals surface area contributed by atoms with Crippen LogP contribution < -0.4 is 9.47 Å². The lowest BCUT2D eigenvalue weighted by atomic mass is 10.2. The lowest BCUT2D eigenvalue weighted by molar-refractivity contribution is -0.386. The first-order valence-corrected chi connectivity index (χ1v) is 6.85. The van der Waals surface area contributed by atoms with Crippen LogP contribution in [0, 0.1) is 15.9 Å². The highest BCUT2D eigenvalue weighted by Gasteiger charge is 2.23. The van der Waals surface area contributed by atoms with Crippen LogP contribution in [0.1, 0.15) is 6.92 Å². The molecule has 2 rings (SSSR count). The molecule has 0 N–H and O–H groups in total. The van der Waals surface area contributed by atoms with Gasteiger partial charge in [0.2, 0.25) is 11.5 Å². The molecule has 5 nitrogen and oxygen atoms in total. The van der Waals surface area contributed by atoms with Gasteiger partial charge in [0.15, 0.2) is 0 Å². The largest absolute Gasteiger partial charge is 0.487 e. The molecule has 0 spiro atoms. The van der Waals surface area contributed by atoms with E-state index in [1.807, 2.05) is 0 Å². The molecule has 0 bridgehead atoms. The zero-order valence-electron chi connectivity index (χ0n) is 11.0. The summed E-state index contributed by atoms with van der Waals surface area (Å²) in [5.74, 6) is -0.270. The third kappa shape index (κ3) is 3.49. The molecule has 7 heteroatoms. The van der Waals surface area contributed by atoms with E-state index < -0.39 is 10.7 Å². The zero-order chi connectivity index (χ0) is 15.4. The fraction of sp³-hybridized carbons (Fsp3) is 0.143. The van der Waals surface area contributed by atoms with Gasteiger partial charge in [-0.15, -0.1) is 0 Å². The number of benzene rings is 2. The number of nitrogens with zero attached hydrogens (tertiary/aromatic N) is 1. The van der Waals surface area contributed by atoms with E-state index in [9.17, 15) is 14.5 Å². The molecule has 0 aliphatic rings. The molecule has 0 fully saturated rings. The SMILES string of the molecule is CCOc1cccc(Oc2cc(F)ccc2Br)c1[N+](=O)[O-]. The number of para-hydroxylation sites is 1. The molecule has 0 aliphatic heterocycles. The Morgan fingerprint density at radius 2 is 1.95 bits per heavy atom. The van der Waals surface area contributed by atoms with Gasteiger partial charge < -0.3 is 9.47 Å². The van der Waals surface area contributed by atoms with Gasteiger partial charge in [0.25, 0.3) is 0 Å². The van der Waals surface area contributed by atoms with E-state index in [-0.39, 0.29) is 29.5 Å². The number of nitro groups is 1. The van der Waals surface area contributed by atoms with Crippen LogP contribution in [0.5, 0.6) is 17.2 Å². The van der Waals surface area contributed by atoms with Gasteiger partial charge in [0, 0.05) is 6.07 Å². The van der Waals surface area contributed by atoms with Crippen LogP contribution in [-0.4, -0.2) is 11.5 Å². The fourth-order valence-corrected chi connectivity index (χ4v) is 2.04. The molecule has 0 aliphatic carbocycles. The van der Waals surface area contributed by atoms with Crippen LogP contribution in [0.3, 0.4) is 0 Å². The minimum absolute atomic E-state index is 0.0164. The zero-order valence-corrected chi connectivity index (χ0v) is 12.6. The lowest BCUT2D eigenvalue weighted by Crippen LogP contribution is -2.00. The van der Waals surface area contributed by atoms with E-state index in [1.165, 1.54) is 24.3 Å². The highest BCUT2D eigenvalue weighted by Crippen LogP contribution is 2.40. The molecule has 0 atom stereocenters. The van der Waals surface area contributed by atoms with E-state index in [0.29, 0.717) is 4.47 Å². The molecule has 0 aromatic heterocycles. The Hall–Kier alpha value is -2.15. The van der Waals surface area contributed by atoms with E-state index in [1.54, 1.807) is 13.0 Å². The Morgan fingerprint density at radius 1 is 1.24 bits per heavy atom. The average Bonchev–Trinajstić information content (AvgIpc) is 2.43. The quantitative estimate of drug-likeness (QED) is 0.576. The van der Waals surface area contributed by atoms with Crippen LogP contribution in [0.25, 0.3) is 0 Å². The van der Waals surface area contributed by atoms with Crippen molar-refractivity contribution in [2.75, 3.05) is 6.61 Å². The summed E-state index contributed by atoms with van der Waals surface area (Å²) in [4.78, 5) is 10.6. The van der Waals surface area contributed by atoms with Crippen LogP contribution >= 0.6 is 15.9 Å². The highest BCUT2D eigenvalue weighted by molar-refractivity contribution is 9.10. The van der Waals surface area contributed by atoms with Crippen molar-refractivity contribution in [3.8, 4) is 17.2 Å². The Morgan fingerprint density at radius 3 is 2.62 bits per heavy atom. The van der Waals surface area contributed by atoms with E-state index in [0.717, 1.165) is 6.07 Å². The number of halogens is 2. The normalized spacial score (nSPS) is 10.2. The van der Waals surface area contributed by atoms with Crippen LogP contribution in [0.4, 0.5) is 10.1 Å². The van der Waals surface area contributed by atoms with Gasteiger partial charge in [-0.05, 0) is 47.1 Å². The molecule has 2 aromatic carbocycles. The lowest BCUT2D eigenvalue weighted by Gasteiger charge is -2.10. The maximum absolute atomic E-state index is 13.2. The molecule has 0 saturated carbocycles. The second-order valence-corrected chi connectivity index (χ2v) is 4.82. The standard InChI is InChI=1S/C14H11BrFNO4/c1-2-20-11-4-3-5-12(14(11)17(18)19)21-13-8-9(16)6-7-10(13)15/h3-8H,2H2,1H3. The summed E-state index contributed by atoms with van der Waals surface area (Å²) in [6.07, 6.45) is 0. The molecular weight excluding hydrogens is 345 g/mol. The maximum Gasteiger partial charge on any atom is 0.352 e. The first kappa shape index (κ1) is 15.2. The molecule has 0 saturated heterocycles. The van der Waals surface area contributed by atoms with Crippen molar-refractivity contribution in [3.05, 3.63) is 56.8 Å². The van der Waals surface area contributed by atoms with Gasteiger partial charge in [-0.1, -0.05) is 6.07 Å². The van der Waals surface area contributed by atoms with Gasteiger partial charge in [0.1, 0.15) is 11.6 Å². The van der Waals surface area contributed by atoms with E-state index >= 15 is 0 Å². The summed E-state index contributed by atoms with van der Waals surface area (Å²) in [6.45, 7) is 2.01. The average molecular weight is 356 g/mol. The number of rotatable bonds is 5. The van der Waals surface area contributed by atoms with Gasteiger partial charge >= 0.3 is 5.69 Å². The molecule has 0 amide bonds. The summed E-state index contributed by atoms with van der Waals surface area (Å²) < 4.78 is 24.4. The number of ether oxygens (including phenoxy) is 2. The van der Waals surface area contributed by atoms with Gasteiger partial charge in [-0.3, -0.25) is 10.1 Å². The van der Waals surface area contributed by atoms with Gasteiger partial charge in [-0.25, -0.2) is 4.39 Å². The monoisotopic (exact) mass is 355 g/mol. The maximum atomic E-state index is 13.2. The molecular formula is C14H11BrFNO4. The number of hydrogen-bond donors (Lipinski definition) is 0. The molecule has 2 aromatic rings. The van der Waals surface area contributed by atoms with Crippen molar-refractivity contribution in [1.29, 1.82) is 0 Å². The molecule has 0 radical (unpaired) electrons. The molecule has 0 unspecified atom stereocenters.